The molecule has 0 atom stereocenters. The van der Waals surface area contributed by atoms with E-state index in [1.807, 2.05) is 59.8 Å². The van der Waals surface area contributed by atoms with Gasteiger partial charge in [0.15, 0.2) is 0 Å². The van der Waals surface area contributed by atoms with Gasteiger partial charge >= 0.3 is 7.12 Å². The molecule has 1 aliphatic rings. The van der Waals surface area contributed by atoms with Crippen LogP contribution in [0.1, 0.15) is 51.6 Å². The van der Waals surface area contributed by atoms with Crippen LogP contribution in [0.5, 0.6) is 0 Å². The van der Waals surface area contributed by atoms with E-state index < -0.39 is 18.3 Å². The van der Waals surface area contributed by atoms with Crippen LogP contribution in [0.4, 0.5) is 0 Å². The first-order chi connectivity index (χ1) is 11.0. The molecule has 0 bridgehead atoms. The van der Waals surface area contributed by atoms with Crippen LogP contribution in [-0.4, -0.2) is 35.8 Å². The van der Waals surface area contributed by atoms with Crippen LogP contribution >= 0.6 is 0 Å². The minimum Gasteiger partial charge on any atom is -0.400 e. The van der Waals surface area contributed by atoms with Crippen molar-refractivity contribution in [1.29, 1.82) is 0 Å². The number of carbonyl (C=O) groups excluding carboxylic acids is 1. The predicted molar refractivity (Wildman–Crippen MR) is 96.5 cm³/mol. The first-order valence-corrected chi connectivity index (χ1v) is 8.26. The Labute approximate surface area is 145 Å². The van der Waals surface area contributed by atoms with Gasteiger partial charge in [-0.2, -0.15) is 0 Å². The van der Waals surface area contributed by atoms with Crippen molar-refractivity contribution in [2.45, 2.75) is 59.7 Å². The molecule has 130 valence electrons. The fourth-order valence-corrected chi connectivity index (χ4v) is 2.47. The van der Waals surface area contributed by atoms with Gasteiger partial charge in [0.1, 0.15) is 0 Å². The highest BCUT2D eigenvalue weighted by Crippen LogP contribution is 2.38. The molecule has 0 saturated carbocycles. The molecule has 6 heteroatoms. The van der Waals surface area contributed by atoms with Crippen molar-refractivity contribution in [2.75, 3.05) is 6.54 Å². The molecule has 1 N–H and O–H groups in total. The number of nitrogens with one attached hydrogen (secondary N) is 1. The number of aryl methyl sites for hydroxylation is 2. The van der Waals surface area contributed by atoms with Crippen molar-refractivity contribution in [2.24, 2.45) is 0 Å². The standard InChI is InChI=1S/C18H27BN2O3/c1-12-8-9-15(13(2)21-12)10-16(11-20-14(3)22)19-23-17(4,5)18(6,7)24-19/h8-10H,11H2,1-7H3,(H,20,22). The Hall–Kier alpha value is -1.66. The molecule has 1 amide bonds. The van der Waals surface area contributed by atoms with Crippen LogP contribution in [0.3, 0.4) is 0 Å². The molecule has 0 spiro atoms. The van der Waals surface area contributed by atoms with Crippen LogP contribution in [0, 0.1) is 13.8 Å². The molecule has 1 aliphatic heterocycles. The number of hydrogen-bond donors (Lipinski definition) is 1. The van der Waals surface area contributed by atoms with Gasteiger partial charge in [0, 0.05) is 24.9 Å². The topological polar surface area (TPSA) is 60.5 Å². The summed E-state index contributed by atoms with van der Waals surface area (Å²) in [4.78, 5) is 15.8. The Morgan fingerprint density at radius 2 is 1.79 bits per heavy atom. The monoisotopic (exact) mass is 330 g/mol. The van der Waals surface area contributed by atoms with Crippen molar-refractivity contribution < 1.29 is 14.1 Å². The van der Waals surface area contributed by atoms with E-state index in [1.165, 1.54) is 6.92 Å². The molecule has 2 heterocycles. The Morgan fingerprint density at radius 1 is 1.21 bits per heavy atom. The molecule has 0 unspecified atom stereocenters. The largest absolute Gasteiger partial charge is 0.492 e. The van der Waals surface area contributed by atoms with Crippen molar-refractivity contribution in [3.8, 4) is 0 Å². The summed E-state index contributed by atoms with van der Waals surface area (Å²) in [5.41, 5.74) is 2.94. The second-order valence-corrected chi connectivity index (χ2v) is 7.34. The van der Waals surface area contributed by atoms with Gasteiger partial charge in [-0.15, -0.1) is 0 Å². The van der Waals surface area contributed by atoms with Gasteiger partial charge in [0.05, 0.1) is 11.2 Å². The lowest BCUT2D eigenvalue weighted by Gasteiger charge is -2.32. The van der Waals surface area contributed by atoms with E-state index in [9.17, 15) is 4.79 Å². The number of carbonyl (C=O) groups is 1. The van der Waals surface area contributed by atoms with Crippen molar-refractivity contribution in [1.82, 2.24) is 10.3 Å². The van der Waals surface area contributed by atoms with E-state index in [1.54, 1.807) is 0 Å². The summed E-state index contributed by atoms with van der Waals surface area (Å²) in [6.45, 7) is 13.9. The molecule has 1 aromatic heterocycles. The number of nitrogens with zero attached hydrogens (tertiary/aromatic N) is 1. The zero-order chi connectivity index (χ0) is 18.1. The van der Waals surface area contributed by atoms with E-state index in [0.717, 1.165) is 22.4 Å². The smallest absolute Gasteiger partial charge is 0.400 e. The average molecular weight is 330 g/mol. The minimum absolute atomic E-state index is 0.0869. The Kier molecular flexibility index (Phi) is 5.21. The van der Waals surface area contributed by atoms with Crippen molar-refractivity contribution >= 4 is 19.1 Å². The predicted octanol–water partition coefficient (Wildman–Crippen LogP) is 2.85. The Balaban J connectivity index is 2.35. The van der Waals surface area contributed by atoms with Gasteiger partial charge in [0.25, 0.3) is 0 Å². The van der Waals surface area contributed by atoms with E-state index in [2.05, 4.69) is 10.3 Å². The second-order valence-electron chi connectivity index (χ2n) is 7.34. The first kappa shape index (κ1) is 18.7. The van der Waals surface area contributed by atoms with Gasteiger partial charge < -0.3 is 14.6 Å². The summed E-state index contributed by atoms with van der Waals surface area (Å²) < 4.78 is 12.3. The molecule has 0 aromatic carbocycles. The SMILES string of the molecule is CC(=O)NCC(=Cc1ccc(C)nc1C)B1OC(C)(C)C(C)(C)O1. The lowest BCUT2D eigenvalue weighted by molar-refractivity contribution is -0.118. The summed E-state index contributed by atoms with van der Waals surface area (Å²) in [6.07, 6.45) is 2.00. The minimum atomic E-state index is -0.498. The van der Waals surface area contributed by atoms with Gasteiger partial charge in [-0.3, -0.25) is 9.78 Å². The van der Waals surface area contributed by atoms with Crippen molar-refractivity contribution in [3.05, 3.63) is 34.6 Å². The number of pyridine rings is 1. The van der Waals surface area contributed by atoms with Gasteiger partial charge in [-0.1, -0.05) is 12.1 Å². The number of hydrogen-bond acceptors (Lipinski definition) is 4. The van der Waals surface area contributed by atoms with E-state index in [4.69, 9.17) is 9.31 Å². The molecule has 5 nitrogen and oxygen atoms in total. The molecule has 0 radical (unpaired) electrons. The summed E-state index contributed by atoms with van der Waals surface area (Å²) in [5.74, 6) is -0.0869. The van der Waals surface area contributed by atoms with E-state index in [0.29, 0.717) is 6.54 Å². The number of aromatic nitrogens is 1. The number of amides is 1. The van der Waals surface area contributed by atoms with Gasteiger partial charge in [0.2, 0.25) is 5.91 Å². The fourth-order valence-electron chi connectivity index (χ4n) is 2.47. The first-order valence-electron chi connectivity index (χ1n) is 8.26. The van der Waals surface area contributed by atoms with E-state index >= 15 is 0 Å². The van der Waals surface area contributed by atoms with Crippen LogP contribution in [0.15, 0.2) is 17.6 Å². The molecular weight excluding hydrogens is 303 g/mol. The number of rotatable bonds is 4. The summed E-state index contributed by atoms with van der Waals surface area (Å²) in [6, 6.07) is 4.00. The third-order valence-electron chi connectivity index (χ3n) is 4.70. The summed E-state index contributed by atoms with van der Waals surface area (Å²) >= 11 is 0. The summed E-state index contributed by atoms with van der Waals surface area (Å²) in [7, 11) is -0.498. The molecule has 2 rings (SSSR count). The van der Waals surface area contributed by atoms with Crippen LogP contribution in [-0.2, 0) is 14.1 Å². The van der Waals surface area contributed by atoms with Crippen LogP contribution < -0.4 is 5.32 Å². The Morgan fingerprint density at radius 3 is 2.29 bits per heavy atom. The maximum absolute atomic E-state index is 11.3. The van der Waals surface area contributed by atoms with Gasteiger partial charge in [-0.25, -0.2) is 0 Å². The quantitative estimate of drug-likeness (QED) is 0.863. The highest BCUT2D eigenvalue weighted by Gasteiger charge is 2.52. The van der Waals surface area contributed by atoms with E-state index in [-0.39, 0.29) is 5.91 Å². The third kappa shape index (κ3) is 4.05. The molecule has 24 heavy (non-hydrogen) atoms. The zero-order valence-corrected chi connectivity index (χ0v) is 15.7. The summed E-state index contributed by atoms with van der Waals surface area (Å²) in [5, 5.41) is 2.84. The Bertz CT molecular complexity index is 652. The lowest BCUT2D eigenvalue weighted by atomic mass is 9.77. The normalized spacial score (nSPS) is 19.5. The molecule has 1 saturated heterocycles. The molecule has 1 aromatic rings. The molecule has 1 fully saturated rings. The van der Waals surface area contributed by atoms with Crippen LogP contribution in [0.25, 0.3) is 6.08 Å². The molecule has 0 aliphatic carbocycles. The van der Waals surface area contributed by atoms with Crippen molar-refractivity contribution in [3.63, 3.8) is 0 Å². The maximum Gasteiger partial charge on any atom is 0.492 e. The zero-order valence-electron chi connectivity index (χ0n) is 15.7. The molecular formula is C18H27BN2O3. The van der Waals surface area contributed by atoms with Crippen LogP contribution in [0.2, 0.25) is 0 Å². The third-order valence-corrected chi connectivity index (χ3v) is 4.70. The fraction of sp³-hybridized carbons (Fsp3) is 0.556. The lowest BCUT2D eigenvalue weighted by Crippen LogP contribution is -2.41. The van der Waals surface area contributed by atoms with Gasteiger partial charge in [-0.05, 0) is 58.6 Å². The maximum atomic E-state index is 11.3. The highest BCUT2D eigenvalue weighted by atomic mass is 16.7. The highest BCUT2D eigenvalue weighted by molar-refractivity contribution is 6.56. The average Bonchev–Trinajstić information content (AvgIpc) is 2.65. The second kappa shape index (κ2) is 6.69.